The summed E-state index contributed by atoms with van der Waals surface area (Å²) in [4.78, 5) is 23.9. The lowest BCUT2D eigenvalue weighted by Crippen LogP contribution is -2.47. The molecule has 2 N–H and O–H groups in total. The fraction of sp³-hybridized carbons (Fsp3) is 0.846. The summed E-state index contributed by atoms with van der Waals surface area (Å²) in [6.07, 6.45) is 3.47. The van der Waals surface area contributed by atoms with Gasteiger partial charge in [-0.25, -0.2) is 0 Å². The number of nitrogens with one attached hydrogen (secondary N) is 1. The van der Waals surface area contributed by atoms with Crippen LogP contribution in [0.4, 0.5) is 0 Å². The molecule has 104 valence electrons. The zero-order chi connectivity index (χ0) is 13.8. The van der Waals surface area contributed by atoms with Crippen molar-refractivity contribution in [1.82, 2.24) is 10.2 Å². The normalized spacial score (nSPS) is 27.7. The number of carbonyl (C=O) groups excluding carboxylic acids is 2. The third-order valence-electron chi connectivity index (χ3n) is 3.74. The molecule has 0 saturated heterocycles. The molecular weight excluding hydrogens is 232 g/mol. The minimum Gasteiger partial charge on any atom is -0.388 e. The Morgan fingerprint density at radius 2 is 1.94 bits per heavy atom. The second kappa shape index (κ2) is 6.18. The average Bonchev–Trinajstić information content (AvgIpc) is 2.31. The van der Waals surface area contributed by atoms with E-state index >= 15 is 0 Å². The summed E-state index contributed by atoms with van der Waals surface area (Å²) in [5.41, 5.74) is -0.767. The molecule has 5 heteroatoms. The van der Waals surface area contributed by atoms with E-state index in [4.69, 9.17) is 0 Å². The van der Waals surface area contributed by atoms with Crippen LogP contribution in [0, 0.1) is 5.92 Å². The van der Waals surface area contributed by atoms with Crippen LogP contribution in [0.25, 0.3) is 0 Å². The maximum atomic E-state index is 11.6. The third-order valence-corrected chi connectivity index (χ3v) is 3.74. The first-order chi connectivity index (χ1) is 8.32. The summed E-state index contributed by atoms with van der Waals surface area (Å²) in [6, 6.07) is 0. The number of hydrogen-bond acceptors (Lipinski definition) is 3. The predicted octanol–water partition coefficient (Wildman–Crippen LogP) is 0.522. The molecule has 1 aliphatic carbocycles. The van der Waals surface area contributed by atoms with Crippen LogP contribution in [0.2, 0.25) is 0 Å². The topological polar surface area (TPSA) is 69.6 Å². The van der Waals surface area contributed by atoms with Gasteiger partial charge in [0.1, 0.15) is 0 Å². The number of nitrogens with zero attached hydrogens (tertiary/aromatic N) is 1. The van der Waals surface area contributed by atoms with Gasteiger partial charge in [-0.3, -0.25) is 9.59 Å². The van der Waals surface area contributed by atoms with E-state index in [1.165, 1.54) is 11.8 Å². The van der Waals surface area contributed by atoms with Gasteiger partial charge < -0.3 is 15.3 Å². The van der Waals surface area contributed by atoms with Crippen molar-refractivity contribution in [3.8, 4) is 0 Å². The van der Waals surface area contributed by atoms with Crippen molar-refractivity contribution in [2.24, 2.45) is 5.92 Å². The van der Waals surface area contributed by atoms with Gasteiger partial charge in [0.05, 0.1) is 12.1 Å². The van der Waals surface area contributed by atoms with Crippen molar-refractivity contribution in [2.45, 2.75) is 45.1 Å². The molecule has 0 heterocycles. The van der Waals surface area contributed by atoms with Gasteiger partial charge in [0, 0.05) is 20.5 Å². The Morgan fingerprint density at radius 1 is 1.39 bits per heavy atom. The van der Waals surface area contributed by atoms with Gasteiger partial charge in [0.25, 0.3) is 0 Å². The highest BCUT2D eigenvalue weighted by atomic mass is 16.3. The van der Waals surface area contributed by atoms with Crippen LogP contribution < -0.4 is 5.32 Å². The quantitative estimate of drug-likeness (QED) is 0.770. The lowest BCUT2D eigenvalue weighted by Gasteiger charge is -2.35. The molecule has 0 radical (unpaired) electrons. The highest BCUT2D eigenvalue weighted by molar-refractivity contribution is 5.83. The van der Waals surface area contributed by atoms with Crippen LogP contribution >= 0.6 is 0 Å². The first-order valence-electron chi connectivity index (χ1n) is 6.53. The zero-order valence-corrected chi connectivity index (χ0v) is 11.5. The highest BCUT2D eigenvalue weighted by Gasteiger charge is 2.32. The Hall–Kier alpha value is -1.10. The molecule has 0 aromatic heterocycles. The van der Waals surface area contributed by atoms with Crippen molar-refractivity contribution < 1.29 is 14.7 Å². The molecule has 0 unspecified atom stereocenters. The SMILES string of the molecule is CC(=O)N(C)CC(=O)NCC1(O)CCC(C)CC1. The molecule has 0 spiro atoms. The van der Waals surface area contributed by atoms with Crippen LogP contribution in [0.1, 0.15) is 39.5 Å². The molecule has 5 nitrogen and oxygen atoms in total. The van der Waals surface area contributed by atoms with Gasteiger partial charge in [-0.2, -0.15) is 0 Å². The summed E-state index contributed by atoms with van der Waals surface area (Å²) < 4.78 is 0. The van der Waals surface area contributed by atoms with E-state index in [-0.39, 0.29) is 24.9 Å². The van der Waals surface area contributed by atoms with Gasteiger partial charge >= 0.3 is 0 Å². The Bertz CT molecular complexity index is 309. The van der Waals surface area contributed by atoms with E-state index in [2.05, 4.69) is 12.2 Å². The second-order valence-corrected chi connectivity index (χ2v) is 5.56. The number of likely N-dealkylation sites (N-methyl/N-ethyl adjacent to an activating group) is 1. The fourth-order valence-corrected chi connectivity index (χ4v) is 2.12. The Kier molecular flexibility index (Phi) is 5.14. The van der Waals surface area contributed by atoms with Gasteiger partial charge in [-0.15, -0.1) is 0 Å². The van der Waals surface area contributed by atoms with E-state index in [0.29, 0.717) is 5.92 Å². The van der Waals surface area contributed by atoms with Crippen molar-refractivity contribution in [3.05, 3.63) is 0 Å². The summed E-state index contributed by atoms with van der Waals surface area (Å²) in [5.74, 6) is 0.292. The molecule has 1 fully saturated rings. The number of amides is 2. The number of aliphatic hydroxyl groups is 1. The largest absolute Gasteiger partial charge is 0.388 e. The van der Waals surface area contributed by atoms with E-state index in [0.717, 1.165) is 25.7 Å². The molecule has 1 saturated carbocycles. The Balaban J connectivity index is 2.31. The summed E-state index contributed by atoms with van der Waals surface area (Å²) in [6.45, 7) is 3.93. The van der Waals surface area contributed by atoms with E-state index in [1.807, 2.05) is 0 Å². The molecular formula is C13H24N2O3. The zero-order valence-electron chi connectivity index (χ0n) is 11.5. The molecule has 0 aromatic carbocycles. The number of rotatable bonds is 4. The first kappa shape index (κ1) is 15.0. The van der Waals surface area contributed by atoms with Crippen LogP contribution in [-0.4, -0.2) is 47.6 Å². The molecule has 1 rings (SSSR count). The monoisotopic (exact) mass is 256 g/mol. The van der Waals surface area contributed by atoms with Crippen LogP contribution in [0.5, 0.6) is 0 Å². The van der Waals surface area contributed by atoms with Crippen molar-refractivity contribution >= 4 is 11.8 Å². The molecule has 0 aromatic rings. The van der Waals surface area contributed by atoms with E-state index in [9.17, 15) is 14.7 Å². The summed E-state index contributed by atoms with van der Waals surface area (Å²) >= 11 is 0. The van der Waals surface area contributed by atoms with Crippen LogP contribution in [0.3, 0.4) is 0 Å². The minimum absolute atomic E-state index is 0.0435. The predicted molar refractivity (Wildman–Crippen MR) is 68.9 cm³/mol. The molecule has 1 aliphatic rings. The first-order valence-corrected chi connectivity index (χ1v) is 6.53. The Labute approximate surface area is 109 Å². The summed E-state index contributed by atoms with van der Waals surface area (Å²) in [5, 5.41) is 13.0. The van der Waals surface area contributed by atoms with Crippen LogP contribution in [0.15, 0.2) is 0 Å². The molecule has 0 aliphatic heterocycles. The molecule has 18 heavy (non-hydrogen) atoms. The molecule has 0 bridgehead atoms. The highest BCUT2D eigenvalue weighted by Crippen LogP contribution is 2.31. The standard InChI is InChI=1S/C13H24N2O3/c1-10-4-6-13(18,7-5-10)9-14-12(17)8-15(3)11(2)16/h10,18H,4-9H2,1-3H3,(H,14,17). The summed E-state index contributed by atoms with van der Waals surface area (Å²) in [7, 11) is 1.58. The second-order valence-electron chi connectivity index (χ2n) is 5.56. The maximum Gasteiger partial charge on any atom is 0.239 e. The smallest absolute Gasteiger partial charge is 0.239 e. The van der Waals surface area contributed by atoms with Crippen molar-refractivity contribution in [3.63, 3.8) is 0 Å². The average molecular weight is 256 g/mol. The van der Waals surface area contributed by atoms with Gasteiger partial charge in [0.2, 0.25) is 11.8 Å². The van der Waals surface area contributed by atoms with Gasteiger partial charge in [-0.1, -0.05) is 6.92 Å². The van der Waals surface area contributed by atoms with Gasteiger partial charge in [0.15, 0.2) is 0 Å². The fourth-order valence-electron chi connectivity index (χ4n) is 2.12. The van der Waals surface area contributed by atoms with Crippen molar-refractivity contribution in [1.29, 1.82) is 0 Å². The van der Waals surface area contributed by atoms with Gasteiger partial charge in [-0.05, 0) is 31.6 Å². The maximum absolute atomic E-state index is 11.6. The van der Waals surface area contributed by atoms with E-state index in [1.54, 1.807) is 7.05 Å². The lowest BCUT2D eigenvalue weighted by atomic mass is 9.79. The van der Waals surface area contributed by atoms with E-state index < -0.39 is 5.60 Å². The Morgan fingerprint density at radius 3 is 2.44 bits per heavy atom. The minimum atomic E-state index is -0.767. The third kappa shape index (κ3) is 4.64. The molecule has 0 atom stereocenters. The lowest BCUT2D eigenvalue weighted by molar-refractivity contribution is -0.133. The number of carbonyl (C=O) groups is 2. The molecule has 2 amide bonds. The number of hydrogen-bond donors (Lipinski definition) is 2. The van der Waals surface area contributed by atoms with Crippen molar-refractivity contribution in [2.75, 3.05) is 20.1 Å². The van der Waals surface area contributed by atoms with Crippen LogP contribution in [-0.2, 0) is 9.59 Å².